The Balaban J connectivity index is 1.71. The fourth-order valence-corrected chi connectivity index (χ4v) is 3.88. The molecule has 0 N–H and O–H groups in total. The highest BCUT2D eigenvalue weighted by Crippen LogP contribution is 2.35. The summed E-state index contributed by atoms with van der Waals surface area (Å²) in [5.74, 6) is 0.683. The number of hydrogen-bond acceptors (Lipinski definition) is 5. The van der Waals surface area contributed by atoms with Crippen LogP contribution in [0.2, 0.25) is 0 Å². The third-order valence-corrected chi connectivity index (χ3v) is 5.30. The van der Waals surface area contributed by atoms with Crippen molar-refractivity contribution in [1.29, 1.82) is 0 Å². The van der Waals surface area contributed by atoms with Crippen LogP contribution in [-0.2, 0) is 0 Å². The molecule has 4 rings (SSSR count). The van der Waals surface area contributed by atoms with Gasteiger partial charge in [-0.25, -0.2) is 5.01 Å². The second kappa shape index (κ2) is 5.55. The van der Waals surface area contributed by atoms with Gasteiger partial charge in [0.2, 0.25) is 0 Å². The molecule has 6 heteroatoms. The van der Waals surface area contributed by atoms with Gasteiger partial charge in [-0.1, -0.05) is 12.1 Å². The van der Waals surface area contributed by atoms with Crippen molar-refractivity contribution in [3.63, 3.8) is 0 Å². The molecule has 0 saturated carbocycles. The van der Waals surface area contributed by atoms with E-state index in [2.05, 4.69) is 5.10 Å². The molecule has 1 aliphatic heterocycles. The largest absolute Gasteiger partial charge is 0.467 e. The lowest BCUT2D eigenvalue weighted by molar-refractivity contribution is 0.0698. The number of hydrogen-bond donors (Lipinski definition) is 0. The lowest BCUT2D eigenvalue weighted by Gasteiger charge is -2.18. The Kier molecular flexibility index (Phi) is 3.40. The maximum absolute atomic E-state index is 12.7. The monoisotopic (exact) mass is 328 g/mol. The molecule has 3 aromatic rings. The SMILES string of the molecule is O=C(c1cccs1)N1N=C(c2cccs2)C[C@H]1c1ccco1. The highest BCUT2D eigenvalue weighted by Gasteiger charge is 2.35. The van der Waals surface area contributed by atoms with Crippen molar-refractivity contribution >= 4 is 34.3 Å². The first-order valence-electron chi connectivity index (χ1n) is 6.85. The van der Waals surface area contributed by atoms with Crippen molar-refractivity contribution in [2.24, 2.45) is 5.10 Å². The predicted octanol–water partition coefficient (Wildman–Crippen LogP) is 4.39. The molecule has 0 bridgehead atoms. The van der Waals surface area contributed by atoms with Crippen LogP contribution in [0, 0.1) is 0 Å². The third-order valence-electron chi connectivity index (χ3n) is 3.53. The first-order valence-corrected chi connectivity index (χ1v) is 8.60. The fraction of sp³-hybridized carbons (Fsp3) is 0.125. The minimum absolute atomic E-state index is 0.0806. The molecular weight excluding hydrogens is 316 g/mol. The number of thiophene rings is 2. The summed E-state index contributed by atoms with van der Waals surface area (Å²) in [7, 11) is 0. The number of hydrazone groups is 1. The Morgan fingerprint density at radius 2 is 2.05 bits per heavy atom. The van der Waals surface area contributed by atoms with Gasteiger partial charge in [0.05, 0.1) is 21.7 Å². The smallest absolute Gasteiger partial charge is 0.284 e. The average molecular weight is 328 g/mol. The topological polar surface area (TPSA) is 45.8 Å². The summed E-state index contributed by atoms with van der Waals surface area (Å²) in [6.45, 7) is 0. The fourth-order valence-electron chi connectivity index (χ4n) is 2.50. The highest BCUT2D eigenvalue weighted by molar-refractivity contribution is 7.12. The zero-order valence-electron chi connectivity index (χ0n) is 11.5. The Hall–Kier alpha value is -2.18. The van der Waals surface area contributed by atoms with Gasteiger partial charge in [-0.3, -0.25) is 4.79 Å². The molecule has 0 fully saturated rings. The average Bonchev–Trinajstić information content (AvgIpc) is 3.35. The molecule has 0 aromatic carbocycles. The van der Waals surface area contributed by atoms with Crippen molar-refractivity contribution < 1.29 is 9.21 Å². The van der Waals surface area contributed by atoms with E-state index in [1.54, 1.807) is 22.6 Å². The van der Waals surface area contributed by atoms with E-state index in [0.29, 0.717) is 11.3 Å². The van der Waals surface area contributed by atoms with E-state index < -0.39 is 0 Å². The van der Waals surface area contributed by atoms with Gasteiger partial charge in [-0.2, -0.15) is 5.10 Å². The summed E-state index contributed by atoms with van der Waals surface area (Å²) in [6, 6.07) is 11.3. The van der Waals surface area contributed by atoms with Crippen LogP contribution < -0.4 is 0 Å². The van der Waals surface area contributed by atoms with Crippen LogP contribution in [0.1, 0.15) is 32.8 Å². The van der Waals surface area contributed by atoms with Crippen molar-refractivity contribution in [2.45, 2.75) is 12.5 Å². The van der Waals surface area contributed by atoms with Crippen molar-refractivity contribution in [1.82, 2.24) is 5.01 Å². The van der Waals surface area contributed by atoms with Gasteiger partial charge < -0.3 is 4.42 Å². The van der Waals surface area contributed by atoms with Crippen molar-refractivity contribution in [3.8, 4) is 0 Å². The van der Waals surface area contributed by atoms with Crippen LogP contribution in [0.25, 0.3) is 0 Å². The molecule has 3 aromatic heterocycles. The summed E-state index contributed by atoms with van der Waals surface area (Å²) in [6.07, 6.45) is 2.30. The van der Waals surface area contributed by atoms with Crippen LogP contribution in [0.3, 0.4) is 0 Å². The van der Waals surface area contributed by atoms with Gasteiger partial charge in [0.15, 0.2) is 0 Å². The number of furan rings is 1. The molecule has 4 heterocycles. The van der Waals surface area contributed by atoms with E-state index in [4.69, 9.17) is 4.42 Å². The quantitative estimate of drug-likeness (QED) is 0.715. The Labute approximate surface area is 135 Å². The molecule has 0 saturated heterocycles. The van der Waals surface area contributed by atoms with E-state index in [9.17, 15) is 4.79 Å². The molecule has 22 heavy (non-hydrogen) atoms. The maximum atomic E-state index is 12.7. The summed E-state index contributed by atoms with van der Waals surface area (Å²) >= 11 is 3.06. The summed E-state index contributed by atoms with van der Waals surface area (Å²) in [5.41, 5.74) is 0.932. The molecule has 0 unspecified atom stereocenters. The molecular formula is C16H12N2O2S2. The highest BCUT2D eigenvalue weighted by atomic mass is 32.1. The van der Waals surface area contributed by atoms with Crippen molar-refractivity contribution in [3.05, 3.63) is 68.9 Å². The third kappa shape index (κ3) is 2.30. The van der Waals surface area contributed by atoms with E-state index in [0.717, 1.165) is 16.3 Å². The molecule has 0 radical (unpaired) electrons. The minimum atomic E-state index is -0.179. The molecule has 1 aliphatic rings. The first-order chi connectivity index (χ1) is 10.8. The second-order valence-corrected chi connectivity index (χ2v) is 6.78. The molecule has 1 atom stereocenters. The van der Waals surface area contributed by atoms with Gasteiger partial charge in [0.25, 0.3) is 5.91 Å². The van der Waals surface area contributed by atoms with Crippen molar-refractivity contribution in [2.75, 3.05) is 0 Å². The maximum Gasteiger partial charge on any atom is 0.284 e. The number of amides is 1. The molecule has 0 spiro atoms. The molecule has 0 aliphatic carbocycles. The van der Waals surface area contributed by atoms with E-state index in [1.807, 2.05) is 47.2 Å². The zero-order valence-corrected chi connectivity index (χ0v) is 13.1. The number of carbonyl (C=O) groups excluding carboxylic acids is 1. The molecule has 4 nitrogen and oxygen atoms in total. The Morgan fingerprint density at radius 3 is 2.73 bits per heavy atom. The molecule has 1 amide bonds. The van der Waals surface area contributed by atoms with Gasteiger partial charge in [-0.05, 0) is 35.0 Å². The summed E-state index contributed by atoms with van der Waals surface area (Å²) in [5, 5.41) is 10.1. The normalized spacial score (nSPS) is 17.7. The van der Waals surface area contributed by atoms with Crippen LogP contribution in [0.5, 0.6) is 0 Å². The zero-order chi connectivity index (χ0) is 14.9. The van der Waals surface area contributed by atoms with E-state index in [-0.39, 0.29) is 11.9 Å². The summed E-state index contributed by atoms with van der Waals surface area (Å²) in [4.78, 5) is 14.5. The standard InChI is InChI=1S/C16H12N2O2S2/c19-16(15-6-3-9-22-15)18-12(13-4-1-7-20-13)10-11(17-18)14-5-2-8-21-14/h1-9,12H,10H2/t12-/m0/s1. The van der Waals surface area contributed by atoms with Crippen LogP contribution in [-0.4, -0.2) is 16.6 Å². The van der Waals surface area contributed by atoms with Crippen LogP contribution in [0.15, 0.2) is 62.9 Å². The molecule has 110 valence electrons. The Bertz CT molecular complexity index is 789. The van der Waals surface area contributed by atoms with Gasteiger partial charge >= 0.3 is 0 Å². The predicted molar refractivity (Wildman–Crippen MR) is 87.4 cm³/mol. The first kappa shape index (κ1) is 13.5. The van der Waals surface area contributed by atoms with E-state index >= 15 is 0 Å². The lowest BCUT2D eigenvalue weighted by Crippen LogP contribution is -2.26. The van der Waals surface area contributed by atoms with E-state index in [1.165, 1.54) is 11.3 Å². The van der Waals surface area contributed by atoms with Crippen LogP contribution >= 0.6 is 22.7 Å². The number of rotatable bonds is 3. The Morgan fingerprint density at radius 1 is 1.18 bits per heavy atom. The summed E-state index contributed by atoms with van der Waals surface area (Å²) < 4.78 is 5.52. The minimum Gasteiger partial charge on any atom is -0.467 e. The second-order valence-electron chi connectivity index (χ2n) is 4.89. The van der Waals surface area contributed by atoms with Gasteiger partial charge in [0, 0.05) is 6.42 Å². The lowest BCUT2D eigenvalue weighted by atomic mass is 10.1. The van der Waals surface area contributed by atoms with Gasteiger partial charge in [0.1, 0.15) is 11.8 Å². The van der Waals surface area contributed by atoms with Crippen LogP contribution in [0.4, 0.5) is 0 Å². The number of nitrogens with zero attached hydrogens (tertiary/aromatic N) is 2. The number of carbonyl (C=O) groups is 1. The van der Waals surface area contributed by atoms with Gasteiger partial charge in [-0.15, -0.1) is 22.7 Å².